The number of sulfonamides is 1. The summed E-state index contributed by atoms with van der Waals surface area (Å²) < 4.78 is 37.5. The molecule has 1 aliphatic heterocycles. The number of hydrogen-bond donors (Lipinski definition) is 1. The van der Waals surface area contributed by atoms with Gasteiger partial charge in [-0.25, -0.2) is 8.42 Å². The lowest BCUT2D eigenvalue weighted by Crippen LogP contribution is -2.40. The van der Waals surface area contributed by atoms with Gasteiger partial charge in [0.2, 0.25) is 10.0 Å². The smallest absolute Gasteiger partial charge is 0.293 e. The number of nitrogens with zero attached hydrogens (tertiary/aromatic N) is 3. The van der Waals surface area contributed by atoms with Crippen LogP contribution in [0.5, 0.6) is 0 Å². The molecule has 158 valence electrons. The number of nitrogens with one attached hydrogen (secondary N) is 1. The highest BCUT2D eigenvalue weighted by Crippen LogP contribution is 2.30. The van der Waals surface area contributed by atoms with E-state index in [1.165, 1.54) is 16.4 Å². The average molecular weight is 424 g/mol. The van der Waals surface area contributed by atoms with Crippen LogP contribution in [-0.2, 0) is 14.8 Å². The molecule has 3 rings (SSSR count). The molecule has 11 heteroatoms. The second-order valence-electron chi connectivity index (χ2n) is 6.83. The molecule has 0 unspecified atom stereocenters. The van der Waals surface area contributed by atoms with E-state index in [1.807, 2.05) is 25.1 Å². The highest BCUT2D eigenvalue weighted by molar-refractivity contribution is 7.89. The molecule has 1 saturated heterocycles. The normalized spacial score (nSPS) is 16.7. The fourth-order valence-electron chi connectivity index (χ4n) is 3.13. The van der Waals surface area contributed by atoms with Crippen LogP contribution in [0.1, 0.15) is 11.8 Å². The van der Waals surface area contributed by atoms with Crippen LogP contribution in [0.2, 0.25) is 0 Å². The van der Waals surface area contributed by atoms with Crippen LogP contribution in [0, 0.1) is 10.1 Å². The zero-order valence-electron chi connectivity index (χ0n) is 16.3. The fraction of sp³-hybridized carbons (Fsp3) is 0.444. The molecule has 1 fully saturated rings. The SMILES string of the molecule is CN(C)[C@H](CNc1ccc(S(=O)(=O)N2CCOCC2)cc1[N+](=O)[O-])c1ccco1. The number of anilines is 1. The zero-order valence-corrected chi connectivity index (χ0v) is 17.1. The summed E-state index contributed by atoms with van der Waals surface area (Å²) in [6, 6.07) is 7.38. The summed E-state index contributed by atoms with van der Waals surface area (Å²) in [6.45, 7) is 1.41. The Morgan fingerprint density at radius 3 is 2.59 bits per heavy atom. The van der Waals surface area contributed by atoms with Crippen LogP contribution in [0.25, 0.3) is 0 Å². The van der Waals surface area contributed by atoms with Crippen molar-refractivity contribution in [1.82, 2.24) is 9.21 Å². The predicted octanol–water partition coefficient (Wildman–Crippen LogP) is 1.92. The van der Waals surface area contributed by atoms with Gasteiger partial charge in [0, 0.05) is 25.7 Å². The summed E-state index contributed by atoms with van der Waals surface area (Å²) in [6.07, 6.45) is 1.57. The van der Waals surface area contributed by atoms with E-state index < -0.39 is 14.9 Å². The zero-order chi connectivity index (χ0) is 21.0. The molecule has 0 radical (unpaired) electrons. The highest BCUT2D eigenvalue weighted by Gasteiger charge is 2.29. The van der Waals surface area contributed by atoms with E-state index in [0.29, 0.717) is 19.8 Å². The Hall–Kier alpha value is -2.47. The molecule has 0 amide bonds. The maximum absolute atomic E-state index is 12.8. The van der Waals surface area contributed by atoms with E-state index in [9.17, 15) is 18.5 Å². The molecule has 10 nitrogen and oxygen atoms in total. The van der Waals surface area contributed by atoms with E-state index in [2.05, 4.69) is 5.32 Å². The van der Waals surface area contributed by atoms with Crippen molar-refractivity contribution in [1.29, 1.82) is 0 Å². The Balaban J connectivity index is 1.84. The first-order chi connectivity index (χ1) is 13.8. The van der Waals surface area contributed by atoms with E-state index in [4.69, 9.17) is 9.15 Å². The standard InChI is InChI=1S/C18H24N4O6S/c1-20(2)17(18-4-3-9-28-18)13-19-15-6-5-14(12-16(15)22(23)24)29(25,26)21-7-10-27-11-8-21/h3-6,9,12,17,19H,7-8,10-11,13H2,1-2H3/t17-/m1/s1. The van der Waals surface area contributed by atoms with Crippen molar-refractivity contribution in [3.63, 3.8) is 0 Å². The van der Waals surface area contributed by atoms with Gasteiger partial charge in [-0.1, -0.05) is 0 Å². The van der Waals surface area contributed by atoms with Crippen LogP contribution in [0.15, 0.2) is 45.9 Å². The second-order valence-corrected chi connectivity index (χ2v) is 8.77. The summed E-state index contributed by atoms with van der Waals surface area (Å²) in [5.41, 5.74) is -0.0504. The Bertz CT molecular complexity index is 939. The Labute approximate surface area is 169 Å². The third-order valence-electron chi connectivity index (χ3n) is 4.75. The number of hydrogen-bond acceptors (Lipinski definition) is 8. The van der Waals surface area contributed by atoms with Crippen molar-refractivity contribution in [2.45, 2.75) is 10.9 Å². The van der Waals surface area contributed by atoms with E-state index >= 15 is 0 Å². The topological polar surface area (TPSA) is 118 Å². The molecule has 0 aliphatic carbocycles. The van der Waals surface area contributed by atoms with E-state index in [-0.39, 0.29) is 35.4 Å². The number of nitro benzene ring substituents is 1. The van der Waals surface area contributed by atoms with Gasteiger partial charge in [-0.3, -0.25) is 15.0 Å². The summed E-state index contributed by atoms with van der Waals surface area (Å²) >= 11 is 0. The average Bonchev–Trinajstić information content (AvgIpc) is 3.23. The van der Waals surface area contributed by atoms with Crippen LogP contribution < -0.4 is 5.32 Å². The van der Waals surface area contributed by atoms with Crippen LogP contribution in [0.4, 0.5) is 11.4 Å². The Morgan fingerprint density at radius 2 is 2.00 bits per heavy atom. The number of nitro groups is 1. The lowest BCUT2D eigenvalue weighted by atomic mass is 10.2. The van der Waals surface area contributed by atoms with Crippen molar-refractivity contribution in [3.05, 3.63) is 52.5 Å². The molecule has 2 aromatic rings. The monoisotopic (exact) mass is 424 g/mol. The number of morpholine rings is 1. The molecule has 0 bridgehead atoms. The summed E-state index contributed by atoms with van der Waals surface area (Å²) in [5, 5.41) is 14.6. The van der Waals surface area contributed by atoms with Crippen molar-refractivity contribution < 1.29 is 22.5 Å². The largest absolute Gasteiger partial charge is 0.468 e. The minimum absolute atomic E-state index is 0.105. The van der Waals surface area contributed by atoms with Gasteiger partial charge in [0.05, 0.1) is 35.3 Å². The van der Waals surface area contributed by atoms with Gasteiger partial charge in [-0.2, -0.15) is 4.31 Å². The third-order valence-corrected chi connectivity index (χ3v) is 6.65. The molecule has 1 atom stereocenters. The molecule has 1 aliphatic rings. The number of ether oxygens (including phenoxy) is 1. The van der Waals surface area contributed by atoms with Crippen LogP contribution in [0.3, 0.4) is 0 Å². The molecule has 1 aromatic heterocycles. The van der Waals surface area contributed by atoms with Gasteiger partial charge in [0.15, 0.2) is 0 Å². The number of rotatable bonds is 8. The minimum Gasteiger partial charge on any atom is -0.468 e. The number of benzene rings is 1. The third kappa shape index (κ3) is 4.75. The van der Waals surface area contributed by atoms with Crippen molar-refractivity contribution in [2.75, 3.05) is 52.3 Å². The van der Waals surface area contributed by atoms with Crippen molar-refractivity contribution in [3.8, 4) is 0 Å². The van der Waals surface area contributed by atoms with Crippen LogP contribution >= 0.6 is 0 Å². The molecule has 29 heavy (non-hydrogen) atoms. The lowest BCUT2D eigenvalue weighted by molar-refractivity contribution is -0.384. The number of likely N-dealkylation sites (N-methyl/N-ethyl adjacent to an activating group) is 1. The quantitative estimate of drug-likeness (QED) is 0.504. The first kappa shape index (κ1) is 21.2. The Morgan fingerprint density at radius 1 is 1.28 bits per heavy atom. The molecule has 1 N–H and O–H groups in total. The number of furan rings is 1. The van der Waals surface area contributed by atoms with Gasteiger partial charge in [0.25, 0.3) is 5.69 Å². The summed E-state index contributed by atoms with van der Waals surface area (Å²) in [5.74, 6) is 0.719. The van der Waals surface area contributed by atoms with Gasteiger partial charge in [-0.15, -0.1) is 0 Å². The van der Waals surface area contributed by atoms with Gasteiger partial charge >= 0.3 is 0 Å². The molecule has 1 aromatic carbocycles. The van der Waals surface area contributed by atoms with Crippen molar-refractivity contribution >= 4 is 21.4 Å². The van der Waals surface area contributed by atoms with Crippen molar-refractivity contribution in [2.24, 2.45) is 0 Å². The van der Waals surface area contributed by atoms with Gasteiger partial charge in [0.1, 0.15) is 11.4 Å². The maximum atomic E-state index is 12.8. The van der Waals surface area contributed by atoms with Gasteiger partial charge < -0.3 is 14.5 Å². The maximum Gasteiger partial charge on any atom is 0.293 e. The first-order valence-corrected chi connectivity index (χ1v) is 10.5. The highest BCUT2D eigenvalue weighted by atomic mass is 32.2. The molecule has 0 saturated carbocycles. The first-order valence-electron chi connectivity index (χ1n) is 9.10. The fourth-order valence-corrected chi connectivity index (χ4v) is 4.56. The minimum atomic E-state index is -3.82. The predicted molar refractivity (Wildman–Crippen MR) is 106 cm³/mol. The molecular formula is C18H24N4O6S. The summed E-state index contributed by atoms with van der Waals surface area (Å²) in [4.78, 5) is 12.8. The van der Waals surface area contributed by atoms with Crippen LogP contribution in [-0.4, -0.2) is 69.5 Å². The lowest BCUT2D eigenvalue weighted by Gasteiger charge is -2.26. The molecule has 2 heterocycles. The molecule has 0 spiro atoms. The van der Waals surface area contributed by atoms with E-state index in [1.54, 1.807) is 12.3 Å². The van der Waals surface area contributed by atoms with Gasteiger partial charge in [-0.05, 0) is 38.4 Å². The second kappa shape index (κ2) is 8.91. The van der Waals surface area contributed by atoms with E-state index in [0.717, 1.165) is 11.8 Å². The summed E-state index contributed by atoms with van der Waals surface area (Å²) in [7, 11) is -0.0646. The Kier molecular flexibility index (Phi) is 6.52. The molecular weight excluding hydrogens is 400 g/mol.